The molecule has 1 aliphatic heterocycles. The van der Waals surface area contributed by atoms with E-state index in [-0.39, 0.29) is 11.4 Å². The van der Waals surface area contributed by atoms with Gasteiger partial charge in [0.25, 0.3) is 0 Å². The third-order valence-electron chi connectivity index (χ3n) is 4.50. The topological polar surface area (TPSA) is 29.5 Å². The maximum absolute atomic E-state index is 12.2. The van der Waals surface area contributed by atoms with Gasteiger partial charge in [0.15, 0.2) is 0 Å². The normalized spacial score (nSPS) is 22.1. The third-order valence-corrected chi connectivity index (χ3v) is 4.50. The molecular formula is C17H23NO2. The molecule has 3 nitrogen and oxygen atoms in total. The summed E-state index contributed by atoms with van der Waals surface area (Å²) in [5.41, 5.74) is 0.843. The van der Waals surface area contributed by atoms with Crippen LogP contribution < -0.4 is 0 Å². The molecule has 0 unspecified atom stereocenters. The van der Waals surface area contributed by atoms with Crippen molar-refractivity contribution in [1.29, 1.82) is 0 Å². The first-order valence-corrected chi connectivity index (χ1v) is 7.64. The molecule has 3 rings (SSSR count). The molecule has 20 heavy (non-hydrogen) atoms. The minimum atomic E-state index is -0.330. The first kappa shape index (κ1) is 13.6. The number of ether oxygens (including phenoxy) is 1. The molecule has 1 aromatic rings. The summed E-state index contributed by atoms with van der Waals surface area (Å²) < 4.78 is 5.94. The molecule has 1 atom stereocenters. The Kier molecular flexibility index (Phi) is 3.79. The van der Waals surface area contributed by atoms with Crippen molar-refractivity contribution in [2.45, 2.75) is 38.1 Å². The van der Waals surface area contributed by atoms with Crippen LogP contribution in [0.5, 0.6) is 0 Å². The van der Waals surface area contributed by atoms with Gasteiger partial charge in [-0.25, -0.2) is 0 Å². The zero-order valence-corrected chi connectivity index (χ0v) is 12.2. The number of amides is 1. The third kappa shape index (κ3) is 2.73. The monoisotopic (exact) mass is 273 g/mol. The van der Waals surface area contributed by atoms with Crippen LogP contribution in [0.15, 0.2) is 30.3 Å². The van der Waals surface area contributed by atoms with Gasteiger partial charge in [-0.2, -0.15) is 0 Å². The van der Waals surface area contributed by atoms with Gasteiger partial charge in [0.2, 0.25) is 5.91 Å². The molecule has 1 amide bonds. The largest absolute Gasteiger partial charge is 0.378 e. The van der Waals surface area contributed by atoms with Gasteiger partial charge in [-0.3, -0.25) is 4.79 Å². The van der Waals surface area contributed by atoms with E-state index in [1.54, 1.807) is 0 Å². The Morgan fingerprint density at radius 1 is 1.30 bits per heavy atom. The van der Waals surface area contributed by atoms with Gasteiger partial charge in [0, 0.05) is 19.6 Å². The van der Waals surface area contributed by atoms with Crippen LogP contribution in [-0.2, 0) is 15.1 Å². The number of carbonyl (C=O) groups excluding carboxylic acids is 1. The van der Waals surface area contributed by atoms with Gasteiger partial charge in [-0.1, -0.05) is 30.3 Å². The second-order valence-corrected chi connectivity index (χ2v) is 6.25. The van der Waals surface area contributed by atoms with Crippen molar-refractivity contribution in [2.75, 3.05) is 19.8 Å². The Bertz CT molecular complexity index is 469. The Hall–Kier alpha value is -1.35. The highest BCUT2D eigenvalue weighted by Crippen LogP contribution is 2.34. The predicted octanol–water partition coefficient (Wildman–Crippen LogP) is 2.95. The molecule has 1 aromatic carbocycles. The van der Waals surface area contributed by atoms with E-state index in [2.05, 4.69) is 19.1 Å². The van der Waals surface area contributed by atoms with E-state index in [0.29, 0.717) is 13.0 Å². The van der Waals surface area contributed by atoms with E-state index < -0.39 is 0 Å². The quantitative estimate of drug-likeness (QED) is 0.797. The summed E-state index contributed by atoms with van der Waals surface area (Å²) in [7, 11) is 0. The van der Waals surface area contributed by atoms with Crippen molar-refractivity contribution in [2.24, 2.45) is 5.92 Å². The predicted molar refractivity (Wildman–Crippen MR) is 78.3 cm³/mol. The molecule has 1 saturated carbocycles. The highest BCUT2D eigenvalue weighted by atomic mass is 16.5. The molecule has 2 fully saturated rings. The molecule has 108 valence electrons. The Labute approximate surface area is 120 Å². The van der Waals surface area contributed by atoms with Crippen molar-refractivity contribution in [3.05, 3.63) is 35.9 Å². The zero-order chi connectivity index (χ0) is 14.0. The summed E-state index contributed by atoms with van der Waals surface area (Å²) in [6, 6.07) is 10.3. The fourth-order valence-corrected chi connectivity index (χ4v) is 2.99. The van der Waals surface area contributed by atoms with Gasteiger partial charge in [0.1, 0.15) is 0 Å². The minimum absolute atomic E-state index is 0.256. The standard InChI is InChI=1S/C17H23NO2/c1-17(13-20-12-14-9-10-14,15-6-3-2-4-7-15)18-11-5-8-16(18)19/h2-4,6-7,14H,5,8-13H2,1H3/t17-/m1/s1. The molecule has 2 aliphatic rings. The summed E-state index contributed by atoms with van der Waals surface area (Å²) in [5.74, 6) is 1.01. The molecular weight excluding hydrogens is 250 g/mol. The molecule has 0 radical (unpaired) electrons. The second-order valence-electron chi connectivity index (χ2n) is 6.25. The number of benzene rings is 1. The van der Waals surface area contributed by atoms with Crippen molar-refractivity contribution in [3.63, 3.8) is 0 Å². The smallest absolute Gasteiger partial charge is 0.223 e. The van der Waals surface area contributed by atoms with E-state index in [1.165, 1.54) is 18.4 Å². The first-order chi connectivity index (χ1) is 9.70. The van der Waals surface area contributed by atoms with Crippen LogP contribution in [0.2, 0.25) is 0 Å². The highest BCUT2D eigenvalue weighted by Gasteiger charge is 2.39. The van der Waals surface area contributed by atoms with Crippen LogP contribution in [-0.4, -0.2) is 30.6 Å². The molecule has 0 bridgehead atoms. The second kappa shape index (κ2) is 5.57. The van der Waals surface area contributed by atoms with Gasteiger partial charge in [-0.15, -0.1) is 0 Å². The lowest BCUT2D eigenvalue weighted by Crippen LogP contribution is -2.48. The molecule has 1 heterocycles. The number of hydrogen-bond donors (Lipinski definition) is 0. The average Bonchev–Trinajstić information content (AvgIpc) is 3.19. The fraction of sp³-hybridized carbons (Fsp3) is 0.588. The Balaban J connectivity index is 1.79. The summed E-state index contributed by atoms with van der Waals surface area (Å²) in [5, 5.41) is 0. The van der Waals surface area contributed by atoms with Crippen LogP contribution in [0.1, 0.15) is 38.2 Å². The number of rotatable bonds is 6. The maximum atomic E-state index is 12.2. The van der Waals surface area contributed by atoms with Crippen LogP contribution in [0.4, 0.5) is 0 Å². The zero-order valence-electron chi connectivity index (χ0n) is 12.2. The first-order valence-electron chi connectivity index (χ1n) is 7.64. The fourth-order valence-electron chi connectivity index (χ4n) is 2.99. The lowest BCUT2D eigenvalue weighted by Gasteiger charge is -2.39. The van der Waals surface area contributed by atoms with E-state index in [4.69, 9.17) is 4.74 Å². The van der Waals surface area contributed by atoms with Crippen molar-refractivity contribution < 1.29 is 9.53 Å². The molecule has 0 spiro atoms. The van der Waals surface area contributed by atoms with Crippen LogP contribution >= 0.6 is 0 Å². The molecule has 0 N–H and O–H groups in total. The van der Waals surface area contributed by atoms with Crippen LogP contribution in [0, 0.1) is 5.92 Å². The summed E-state index contributed by atoms with van der Waals surface area (Å²) in [6.45, 7) is 4.42. The van der Waals surface area contributed by atoms with Gasteiger partial charge in [-0.05, 0) is 37.7 Å². The number of carbonyl (C=O) groups is 1. The van der Waals surface area contributed by atoms with E-state index in [0.717, 1.165) is 25.5 Å². The maximum Gasteiger partial charge on any atom is 0.223 e. The Morgan fingerprint density at radius 2 is 2.05 bits per heavy atom. The van der Waals surface area contributed by atoms with Gasteiger partial charge in [0.05, 0.1) is 12.1 Å². The lowest BCUT2D eigenvalue weighted by atomic mass is 9.91. The molecule has 3 heteroatoms. The van der Waals surface area contributed by atoms with Gasteiger partial charge < -0.3 is 9.64 Å². The minimum Gasteiger partial charge on any atom is -0.378 e. The Morgan fingerprint density at radius 3 is 2.65 bits per heavy atom. The van der Waals surface area contributed by atoms with Crippen molar-refractivity contribution >= 4 is 5.91 Å². The van der Waals surface area contributed by atoms with Crippen LogP contribution in [0.25, 0.3) is 0 Å². The lowest BCUT2D eigenvalue weighted by molar-refractivity contribution is -0.135. The van der Waals surface area contributed by atoms with Crippen LogP contribution in [0.3, 0.4) is 0 Å². The van der Waals surface area contributed by atoms with E-state index in [1.807, 2.05) is 23.1 Å². The SMILES string of the molecule is C[C@@](COCC1CC1)(c1ccccc1)N1CCCC1=O. The number of nitrogens with zero attached hydrogens (tertiary/aromatic N) is 1. The van der Waals surface area contributed by atoms with Crippen molar-refractivity contribution in [1.82, 2.24) is 4.90 Å². The van der Waals surface area contributed by atoms with Gasteiger partial charge >= 0.3 is 0 Å². The van der Waals surface area contributed by atoms with E-state index in [9.17, 15) is 4.79 Å². The summed E-state index contributed by atoms with van der Waals surface area (Å²) in [6.07, 6.45) is 4.23. The highest BCUT2D eigenvalue weighted by molar-refractivity contribution is 5.79. The average molecular weight is 273 g/mol. The summed E-state index contributed by atoms with van der Waals surface area (Å²) in [4.78, 5) is 14.2. The van der Waals surface area contributed by atoms with E-state index >= 15 is 0 Å². The number of likely N-dealkylation sites (tertiary alicyclic amines) is 1. The van der Waals surface area contributed by atoms with Crippen molar-refractivity contribution in [3.8, 4) is 0 Å². The number of hydrogen-bond acceptors (Lipinski definition) is 2. The molecule has 1 aliphatic carbocycles. The molecule has 1 saturated heterocycles. The summed E-state index contributed by atoms with van der Waals surface area (Å²) >= 11 is 0. The molecule has 0 aromatic heterocycles.